The molecule has 1 amide bonds. The van der Waals surface area contributed by atoms with E-state index in [1.165, 1.54) is 0 Å². The summed E-state index contributed by atoms with van der Waals surface area (Å²) in [6, 6.07) is 6.06. The van der Waals surface area contributed by atoms with Crippen molar-refractivity contribution in [3.63, 3.8) is 0 Å². The van der Waals surface area contributed by atoms with Gasteiger partial charge in [0.25, 0.3) is 0 Å². The van der Waals surface area contributed by atoms with Gasteiger partial charge in [-0.25, -0.2) is 9.97 Å². The largest absolute Gasteiger partial charge is 0.350 e. The molecule has 1 aliphatic carbocycles. The molecule has 4 aromatic rings. The number of anilines is 1. The standard InChI is InChI=1S/C21H20N6OS/c1-22-10-14-11-25-19(27-20(28)12-2-3-12)18-15(14)9-17(26-18)16-8-13(4-5-23-16)21-24-6-7-29-21/h4-9,11-12,22,26H,2-3,10H2,1H3,(H,25,27,28). The number of thiazole rings is 1. The lowest BCUT2D eigenvalue weighted by molar-refractivity contribution is -0.117. The van der Waals surface area contributed by atoms with Gasteiger partial charge in [0.1, 0.15) is 5.01 Å². The second-order valence-corrected chi connectivity index (χ2v) is 8.06. The molecule has 146 valence electrons. The van der Waals surface area contributed by atoms with Gasteiger partial charge in [0, 0.05) is 47.4 Å². The lowest BCUT2D eigenvalue weighted by atomic mass is 10.1. The second-order valence-electron chi connectivity index (χ2n) is 7.16. The highest BCUT2D eigenvalue weighted by molar-refractivity contribution is 7.13. The summed E-state index contributed by atoms with van der Waals surface area (Å²) < 4.78 is 0. The van der Waals surface area contributed by atoms with Crippen molar-refractivity contribution in [3.8, 4) is 22.0 Å². The van der Waals surface area contributed by atoms with Crippen molar-refractivity contribution in [2.75, 3.05) is 12.4 Å². The number of hydrogen-bond acceptors (Lipinski definition) is 6. The molecule has 0 radical (unpaired) electrons. The Hall–Kier alpha value is -3.10. The molecule has 1 aliphatic rings. The number of pyridine rings is 2. The van der Waals surface area contributed by atoms with Gasteiger partial charge < -0.3 is 15.6 Å². The molecule has 3 N–H and O–H groups in total. The fourth-order valence-corrected chi connectivity index (χ4v) is 4.01. The monoisotopic (exact) mass is 404 g/mol. The number of fused-ring (bicyclic) bond motifs is 1. The first-order valence-electron chi connectivity index (χ1n) is 9.55. The molecule has 7 nitrogen and oxygen atoms in total. The minimum atomic E-state index is 0.0419. The number of amides is 1. The highest BCUT2D eigenvalue weighted by atomic mass is 32.1. The van der Waals surface area contributed by atoms with Crippen molar-refractivity contribution in [1.29, 1.82) is 0 Å². The molecule has 0 saturated heterocycles. The highest BCUT2D eigenvalue weighted by Crippen LogP contribution is 2.34. The normalized spacial score (nSPS) is 13.7. The lowest BCUT2D eigenvalue weighted by Gasteiger charge is -2.08. The van der Waals surface area contributed by atoms with Crippen LogP contribution >= 0.6 is 11.3 Å². The van der Waals surface area contributed by atoms with Crippen LogP contribution in [-0.2, 0) is 11.3 Å². The summed E-state index contributed by atoms with van der Waals surface area (Å²) in [5.41, 5.74) is 4.61. The van der Waals surface area contributed by atoms with Crippen molar-refractivity contribution < 1.29 is 4.79 Å². The molecule has 0 aromatic carbocycles. The van der Waals surface area contributed by atoms with Crippen molar-refractivity contribution in [2.45, 2.75) is 19.4 Å². The van der Waals surface area contributed by atoms with E-state index in [0.717, 1.165) is 51.3 Å². The molecule has 29 heavy (non-hydrogen) atoms. The lowest BCUT2D eigenvalue weighted by Crippen LogP contribution is -2.15. The molecule has 4 heterocycles. The molecular weight excluding hydrogens is 384 g/mol. The van der Waals surface area contributed by atoms with Gasteiger partial charge in [-0.3, -0.25) is 9.78 Å². The predicted octanol–water partition coefficient (Wildman–Crippen LogP) is 3.82. The van der Waals surface area contributed by atoms with E-state index >= 15 is 0 Å². The maximum absolute atomic E-state index is 12.3. The summed E-state index contributed by atoms with van der Waals surface area (Å²) in [7, 11) is 1.90. The summed E-state index contributed by atoms with van der Waals surface area (Å²) in [6.07, 6.45) is 7.32. The zero-order chi connectivity index (χ0) is 19.8. The van der Waals surface area contributed by atoms with Gasteiger partial charge in [-0.2, -0.15) is 0 Å². The van der Waals surface area contributed by atoms with Crippen LogP contribution in [0.4, 0.5) is 5.82 Å². The molecule has 0 unspecified atom stereocenters. The Morgan fingerprint density at radius 2 is 2.14 bits per heavy atom. The predicted molar refractivity (Wildman–Crippen MR) is 115 cm³/mol. The van der Waals surface area contributed by atoms with E-state index in [4.69, 9.17) is 0 Å². The smallest absolute Gasteiger partial charge is 0.228 e. The van der Waals surface area contributed by atoms with Gasteiger partial charge in [-0.05, 0) is 43.7 Å². The van der Waals surface area contributed by atoms with Crippen molar-refractivity contribution in [1.82, 2.24) is 25.3 Å². The number of nitrogens with zero attached hydrogens (tertiary/aromatic N) is 3. The summed E-state index contributed by atoms with van der Waals surface area (Å²) in [5, 5.41) is 10.1. The number of carbonyl (C=O) groups excluding carboxylic acids is 1. The Labute approximate surface area is 171 Å². The van der Waals surface area contributed by atoms with E-state index < -0.39 is 0 Å². The molecule has 0 bridgehead atoms. The zero-order valence-electron chi connectivity index (χ0n) is 15.9. The number of rotatable bonds is 6. The molecule has 0 aliphatic heterocycles. The molecule has 0 spiro atoms. The van der Waals surface area contributed by atoms with E-state index in [-0.39, 0.29) is 11.8 Å². The van der Waals surface area contributed by atoms with Gasteiger partial charge in [0.15, 0.2) is 5.82 Å². The molecule has 1 fully saturated rings. The van der Waals surface area contributed by atoms with Crippen LogP contribution in [0.25, 0.3) is 32.9 Å². The van der Waals surface area contributed by atoms with Gasteiger partial charge in [0.05, 0.1) is 16.9 Å². The summed E-state index contributed by atoms with van der Waals surface area (Å²) in [4.78, 5) is 29.2. The van der Waals surface area contributed by atoms with Crippen molar-refractivity contribution in [2.24, 2.45) is 5.92 Å². The van der Waals surface area contributed by atoms with E-state index in [2.05, 4.69) is 36.6 Å². The van der Waals surface area contributed by atoms with Gasteiger partial charge >= 0.3 is 0 Å². The Morgan fingerprint density at radius 1 is 1.24 bits per heavy atom. The minimum absolute atomic E-state index is 0.0419. The van der Waals surface area contributed by atoms with Gasteiger partial charge in [-0.15, -0.1) is 11.3 Å². The van der Waals surface area contributed by atoms with Crippen molar-refractivity contribution in [3.05, 3.63) is 47.7 Å². The summed E-state index contributed by atoms with van der Waals surface area (Å²) >= 11 is 1.60. The third-order valence-electron chi connectivity index (χ3n) is 5.02. The average Bonchev–Trinajstić information content (AvgIpc) is 3.26. The van der Waals surface area contributed by atoms with Crippen molar-refractivity contribution >= 4 is 34.0 Å². The van der Waals surface area contributed by atoms with Crippen LogP contribution in [0, 0.1) is 5.92 Å². The highest BCUT2D eigenvalue weighted by Gasteiger charge is 2.30. The number of carbonyl (C=O) groups is 1. The first-order valence-corrected chi connectivity index (χ1v) is 10.4. The number of nitrogens with one attached hydrogen (secondary N) is 3. The first-order chi connectivity index (χ1) is 14.2. The van der Waals surface area contributed by atoms with Gasteiger partial charge in [-0.1, -0.05) is 0 Å². The maximum Gasteiger partial charge on any atom is 0.228 e. The quantitative estimate of drug-likeness (QED) is 0.454. The number of H-pyrrole nitrogens is 1. The molecule has 0 atom stereocenters. The second kappa shape index (κ2) is 7.38. The van der Waals surface area contributed by atoms with E-state index in [0.29, 0.717) is 12.4 Å². The van der Waals surface area contributed by atoms with Crippen LogP contribution in [0.5, 0.6) is 0 Å². The van der Waals surface area contributed by atoms with Crippen LogP contribution in [0.2, 0.25) is 0 Å². The molecule has 5 rings (SSSR count). The van der Waals surface area contributed by atoms with Crippen LogP contribution in [0.15, 0.2) is 42.2 Å². The Bertz CT molecular complexity index is 1180. The average molecular weight is 404 g/mol. The fraction of sp³-hybridized carbons (Fsp3) is 0.238. The molecule has 1 saturated carbocycles. The van der Waals surface area contributed by atoms with Crippen LogP contribution in [0.1, 0.15) is 18.4 Å². The fourth-order valence-electron chi connectivity index (χ4n) is 3.38. The van der Waals surface area contributed by atoms with Crippen LogP contribution in [-0.4, -0.2) is 32.9 Å². The third-order valence-corrected chi connectivity index (χ3v) is 5.84. The maximum atomic E-state index is 12.3. The van der Waals surface area contributed by atoms with E-state index in [9.17, 15) is 4.79 Å². The third kappa shape index (κ3) is 3.52. The van der Waals surface area contributed by atoms with Crippen LogP contribution in [0.3, 0.4) is 0 Å². The minimum Gasteiger partial charge on any atom is -0.350 e. The Kier molecular flexibility index (Phi) is 4.57. The zero-order valence-corrected chi connectivity index (χ0v) is 16.7. The number of hydrogen-bond donors (Lipinski definition) is 3. The summed E-state index contributed by atoms with van der Waals surface area (Å²) in [6.45, 7) is 0.685. The summed E-state index contributed by atoms with van der Waals surface area (Å²) in [5.74, 6) is 0.731. The van der Waals surface area contributed by atoms with E-state index in [1.54, 1.807) is 23.7 Å². The Balaban J connectivity index is 1.58. The first kappa shape index (κ1) is 18.0. The van der Waals surface area contributed by atoms with E-state index in [1.807, 2.05) is 30.8 Å². The van der Waals surface area contributed by atoms with Crippen LogP contribution < -0.4 is 10.6 Å². The number of aromatic nitrogens is 4. The van der Waals surface area contributed by atoms with Gasteiger partial charge in [0.2, 0.25) is 5.91 Å². The number of aromatic amines is 1. The molecule has 4 aromatic heterocycles. The molecular formula is C21H20N6OS. The topological polar surface area (TPSA) is 95.6 Å². The molecule has 8 heteroatoms. The SMILES string of the molecule is CNCc1cnc(NC(=O)C2CC2)c2[nH]c(-c3cc(-c4nccs4)ccn3)cc12. The Morgan fingerprint density at radius 3 is 2.90 bits per heavy atom.